The molecule has 1 saturated heterocycles. The molecule has 2 N–H and O–H groups in total. The van der Waals surface area contributed by atoms with E-state index in [1.165, 1.54) is 12.1 Å². The van der Waals surface area contributed by atoms with Crippen molar-refractivity contribution in [2.75, 3.05) is 26.2 Å². The maximum absolute atomic E-state index is 13.0. The fourth-order valence-electron chi connectivity index (χ4n) is 2.95. The van der Waals surface area contributed by atoms with Gasteiger partial charge in [-0.25, -0.2) is 4.39 Å². The molecule has 1 fully saturated rings. The molecule has 0 aliphatic carbocycles. The van der Waals surface area contributed by atoms with Crippen LogP contribution in [-0.2, 0) is 9.59 Å². The van der Waals surface area contributed by atoms with E-state index in [1.807, 2.05) is 4.90 Å². The number of nitrogens with zero attached hydrogens (tertiary/aromatic N) is 3. The van der Waals surface area contributed by atoms with Gasteiger partial charge < -0.3 is 14.9 Å². The number of benzene rings is 1. The molecule has 2 aromatic rings. The summed E-state index contributed by atoms with van der Waals surface area (Å²) in [5.74, 6) is -0.852. The summed E-state index contributed by atoms with van der Waals surface area (Å²) in [7, 11) is 0. The molecule has 0 spiro atoms. The molecule has 0 saturated carbocycles. The number of carbonyl (C=O) groups excluding carboxylic acids is 1. The normalized spacial score (nSPS) is 17.1. The number of nitrogens with one attached hydrogen (secondary N) is 1. The van der Waals surface area contributed by atoms with Gasteiger partial charge in [-0.1, -0.05) is 5.16 Å². The molecular weight excluding hydrogens is 379 g/mol. The molecule has 27 heavy (non-hydrogen) atoms. The maximum atomic E-state index is 13.0. The second-order valence-electron chi connectivity index (χ2n) is 6.21. The van der Waals surface area contributed by atoms with Gasteiger partial charge in [0.15, 0.2) is 0 Å². The third-order valence-corrected chi connectivity index (χ3v) is 4.20. The Kier molecular flexibility index (Phi) is 7.26. The molecule has 10 heteroatoms. The molecule has 1 aromatic heterocycles. The first-order chi connectivity index (χ1) is 12.5. The van der Waals surface area contributed by atoms with Crippen LogP contribution in [-0.4, -0.2) is 58.2 Å². The number of likely N-dealkylation sites (tertiary alicyclic amines) is 1. The molecule has 0 radical (unpaired) electrons. The van der Waals surface area contributed by atoms with Crippen molar-refractivity contribution in [2.45, 2.75) is 18.8 Å². The number of hydrogen-bond acceptors (Lipinski definition) is 6. The van der Waals surface area contributed by atoms with Crippen LogP contribution in [0, 0.1) is 5.82 Å². The minimum atomic E-state index is -1.07. The number of carboxylic acid groups (broad SMARTS) is 1. The summed E-state index contributed by atoms with van der Waals surface area (Å²) < 4.78 is 18.4. The number of carboxylic acids is 1. The van der Waals surface area contributed by atoms with Crippen LogP contribution in [0.4, 0.5) is 4.39 Å². The second-order valence-corrected chi connectivity index (χ2v) is 6.21. The minimum Gasteiger partial charge on any atom is -0.480 e. The Labute approximate surface area is 161 Å². The van der Waals surface area contributed by atoms with E-state index < -0.39 is 5.97 Å². The van der Waals surface area contributed by atoms with Gasteiger partial charge in [-0.2, -0.15) is 4.98 Å². The van der Waals surface area contributed by atoms with E-state index in [9.17, 15) is 14.0 Å². The quantitative estimate of drug-likeness (QED) is 0.761. The second kappa shape index (κ2) is 9.43. The van der Waals surface area contributed by atoms with Gasteiger partial charge in [0.25, 0.3) is 0 Å². The molecule has 146 valence electrons. The van der Waals surface area contributed by atoms with Crippen LogP contribution in [0.5, 0.6) is 0 Å². The fraction of sp³-hybridized carbons (Fsp3) is 0.412. The van der Waals surface area contributed by atoms with E-state index >= 15 is 0 Å². The van der Waals surface area contributed by atoms with Gasteiger partial charge in [-0.15, -0.1) is 12.4 Å². The highest BCUT2D eigenvalue weighted by molar-refractivity contribution is 5.85. The first-order valence-electron chi connectivity index (χ1n) is 8.31. The third-order valence-electron chi connectivity index (χ3n) is 4.20. The number of rotatable bonds is 6. The van der Waals surface area contributed by atoms with Crippen LogP contribution in [0.25, 0.3) is 11.4 Å². The largest absolute Gasteiger partial charge is 0.480 e. The monoisotopic (exact) mass is 398 g/mol. The Hall–Kier alpha value is -2.52. The average Bonchev–Trinajstić information content (AvgIpc) is 3.11. The van der Waals surface area contributed by atoms with Crippen LogP contribution in [0.3, 0.4) is 0 Å². The number of amides is 1. The Bertz CT molecular complexity index is 783. The summed E-state index contributed by atoms with van der Waals surface area (Å²) in [5, 5.41) is 14.9. The van der Waals surface area contributed by atoms with E-state index in [2.05, 4.69) is 15.5 Å². The smallest absolute Gasteiger partial charge is 0.322 e. The summed E-state index contributed by atoms with van der Waals surface area (Å²) in [5.41, 5.74) is 0.669. The van der Waals surface area contributed by atoms with Crippen molar-refractivity contribution in [3.63, 3.8) is 0 Å². The minimum absolute atomic E-state index is 0. The summed E-state index contributed by atoms with van der Waals surface area (Å²) in [6.07, 6.45) is 1.73. The van der Waals surface area contributed by atoms with Crippen molar-refractivity contribution < 1.29 is 23.6 Å². The summed E-state index contributed by atoms with van der Waals surface area (Å²) in [6.45, 7) is 1.06. The lowest BCUT2D eigenvalue weighted by molar-refractivity contribution is -0.138. The lowest BCUT2D eigenvalue weighted by atomic mass is 9.98. The van der Waals surface area contributed by atoms with Gasteiger partial charge in [0, 0.05) is 12.1 Å². The molecule has 1 amide bonds. The van der Waals surface area contributed by atoms with Crippen LogP contribution in [0.1, 0.15) is 24.7 Å². The zero-order valence-electron chi connectivity index (χ0n) is 14.4. The summed E-state index contributed by atoms with van der Waals surface area (Å²) in [6, 6.07) is 5.85. The number of halogens is 2. The molecule has 0 bridgehead atoms. The molecule has 8 nitrogen and oxygen atoms in total. The average molecular weight is 399 g/mol. The fourth-order valence-corrected chi connectivity index (χ4v) is 2.95. The Morgan fingerprint density at radius 1 is 1.33 bits per heavy atom. The van der Waals surface area contributed by atoms with Gasteiger partial charge >= 0.3 is 5.97 Å². The number of aromatic nitrogens is 2. The van der Waals surface area contributed by atoms with Gasteiger partial charge in [-0.3, -0.25) is 14.5 Å². The van der Waals surface area contributed by atoms with E-state index in [0.29, 0.717) is 23.8 Å². The highest BCUT2D eigenvalue weighted by Gasteiger charge is 2.27. The Morgan fingerprint density at radius 3 is 2.78 bits per heavy atom. The zero-order valence-corrected chi connectivity index (χ0v) is 15.2. The Balaban J connectivity index is 0.00000261. The molecule has 1 atom stereocenters. The third kappa shape index (κ3) is 5.73. The van der Waals surface area contributed by atoms with E-state index in [0.717, 1.165) is 19.4 Å². The van der Waals surface area contributed by atoms with Gasteiger partial charge in [0.2, 0.25) is 17.6 Å². The number of carbonyl (C=O) groups is 2. The molecule has 1 aliphatic heterocycles. The van der Waals surface area contributed by atoms with E-state index in [-0.39, 0.29) is 43.1 Å². The summed E-state index contributed by atoms with van der Waals surface area (Å²) >= 11 is 0. The first kappa shape index (κ1) is 20.8. The van der Waals surface area contributed by atoms with E-state index in [1.54, 1.807) is 12.1 Å². The zero-order chi connectivity index (χ0) is 18.5. The predicted octanol–water partition coefficient (Wildman–Crippen LogP) is 1.68. The molecule has 1 unspecified atom stereocenters. The number of aliphatic carboxylic acids is 1. The van der Waals surface area contributed by atoms with Crippen molar-refractivity contribution >= 4 is 24.3 Å². The maximum Gasteiger partial charge on any atom is 0.322 e. The van der Waals surface area contributed by atoms with Crippen molar-refractivity contribution in [1.29, 1.82) is 0 Å². The molecular formula is C17H20ClFN4O4. The van der Waals surface area contributed by atoms with Gasteiger partial charge in [-0.05, 0) is 43.7 Å². The lowest BCUT2D eigenvalue weighted by Gasteiger charge is -2.30. The molecule has 1 aromatic carbocycles. The van der Waals surface area contributed by atoms with Crippen molar-refractivity contribution in [2.24, 2.45) is 0 Å². The highest BCUT2D eigenvalue weighted by Crippen LogP contribution is 2.27. The SMILES string of the molecule is Cl.O=C(O)CNC(=O)CN1CCCC(c2nc(-c3ccc(F)cc3)no2)C1. The Morgan fingerprint density at radius 2 is 2.07 bits per heavy atom. The predicted molar refractivity (Wildman–Crippen MR) is 96.0 cm³/mol. The van der Waals surface area contributed by atoms with Crippen LogP contribution < -0.4 is 5.32 Å². The highest BCUT2D eigenvalue weighted by atomic mass is 35.5. The molecule has 1 aliphatic rings. The number of piperidine rings is 1. The number of hydrogen-bond donors (Lipinski definition) is 2. The lowest BCUT2D eigenvalue weighted by Crippen LogP contribution is -2.43. The standard InChI is InChI=1S/C17H19FN4O4.ClH/c18-13-5-3-11(4-6-13)16-20-17(26-21-16)12-2-1-7-22(9-12)10-14(23)19-8-15(24)25;/h3-6,12H,1-2,7-10H2,(H,19,23)(H,24,25);1H. The van der Waals surface area contributed by atoms with Crippen molar-refractivity contribution in [3.8, 4) is 11.4 Å². The van der Waals surface area contributed by atoms with Crippen LogP contribution in [0.15, 0.2) is 28.8 Å². The summed E-state index contributed by atoms with van der Waals surface area (Å²) in [4.78, 5) is 28.6. The van der Waals surface area contributed by atoms with E-state index in [4.69, 9.17) is 9.63 Å². The van der Waals surface area contributed by atoms with Crippen molar-refractivity contribution in [1.82, 2.24) is 20.4 Å². The molecule has 2 heterocycles. The van der Waals surface area contributed by atoms with Crippen molar-refractivity contribution in [3.05, 3.63) is 36.0 Å². The van der Waals surface area contributed by atoms with Gasteiger partial charge in [0.05, 0.1) is 12.5 Å². The van der Waals surface area contributed by atoms with Gasteiger partial charge in [0.1, 0.15) is 12.4 Å². The topological polar surface area (TPSA) is 109 Å². The van der Waals surface area contributed by atoms with Crippen LogP contribution in [0.2, 0.25) is 0 Å². The molecule has 3 rings (SSSR count). The first-order valence-corrected chi connectivity index (χ1v) is 8.31. The van der Waals surface area contributed by atoms with Crippen LogP contribution >= 0.6 is 12.4 Å².